The molecule has 0 radical (unpaired) electrons. The Morgan fingerprint density at radius 2 is 2.15 bits per heavy atom. The standard InChI is InChI=1S/C14H19N5O/c1-14(2,3)10-6-9(7-11(15)19-10)13(20)18-8-12-16-4-5-17-12/h4-7H,8H2,1-3H3,(H2,15,19)(H,16,17)(H,18,20). The number of hydrogen-bond acceptors (Lipinski definition) is 4. The van der Waals surface area contributed by atoms with Crippen LogP contribution in [0.25, 0.3) is 0 Å². The number of nitrogens with zero attached hydrogens (tertiary/aromatic N) is 2. The van der Waals surface area contributed by atoms with E-state index in [0.717, 1.165) is 5.69 Å². The summed E-state index contributed by atoms with van der Waals surface area (Å²) in [6, 6.07) is 3.35. The first kappa shape index (κ1) is 14.0. The molecule has 0 atom stereocenters. The SMILES string of the molecule is CC(C)(C)c1cc(C(=O)NCc2ncc[nH]2)cc(N)n1. The fourth-order valence-electron chi connectivity index (χ4n) is 1.73. The second kappa shape index (κ2) is 5.32. The molecule has 2 rings (SSSR count). The fraction of sp³-hybridized carbons (Fsp3) is 0.357. The van der Waals surface area contributed by atoms with E-state index in [1.807, 2.05) is 20.8 Å². The number of aromatic amines is 1. The number of aromatic nitrogens is 3. The van der Waals surface area contributed by atoms with Gasteiger partial charge in [-0.1, -0.05) is 20.8 Å². The highest BCUT2D eigenvalue weighted by atomic mass is 16.1. The Morgan fingerprint density at radius 3 is 2.75 bits per heavy atom. The fourth-order valence-corrected chi connectivity index (χ4v) is 1.73. The van der Waals surface area contributed by atoms with Crippen molar-refractivity contribution in [2.75, 3.05) is 5.73 Å². The summed E-state index contributed by atoms with van der Waals surface area (Å²) in [5.74, 6) is 0.859. The number of anilines is 1. The second-order valence-electron chi connectivity index (χ2n) is 5.63. The number of imidazole rings is 1. The lowest BCUT2D eigenvalue weighted by atomic mass is 9.90. The quantitative estimate of drug-likeness (QED) is 0.791. The van der Waals surface area contributed by atoms with Crippen molar-refractivity contribution in [1.29, 1.82) is 0 Å². The third-order valence-corrected chi connectivity index (χ3v) is 2.85. The van der Waals surface area contributed by atoms with E-state index >= 15 is 0 Å². The number of H-pyrrole nitrogens is 1. The van der Waals surface area contributed by atoms with Gasteiger partial charge in [-0.25, -0.2) is 9.97 Å². The zero-order valence-corrected chi connectivity index (χ0v) is 11.9. The van der Waals surface area contributed by atoms with Gasteiger partial charge in [-0.3, -0.25) is 4.79 Å². The van der Waals surface area contributed by atoms with Crippen LogP contribution in [0.3, 0.4) is 0 Å². The lowest BCUT2D eigenvalue weighted by Crippen LogP contribution is -2.25. The molecule has 4 N–H and O–H groups in total. The van der Waals surface area contributed by atoms with Gasteiger partial charge in [0, 0.05) is 29.1 Å². The zero-order chi connectivity index (χ0) is 14.8. The first-order valence-corrected chi connectivity index (χ1v) is 6.41. The molecule has 0 aliphatic heterocycles. The number of hydrogen-bond donors (Lipinski definition) is 3. The Hall–Kier alpha value is -2.37. The molecule has 0 unspecified atom stereocenters. The van der Waals surface area contributed by atoms with E-state index in [4.69, 9.17) is 5.73 Å². The van der Waals surface area contributed by atoms with Crippen LogP contribution in [0, 0.1) is 0 Å². The molecule has 20 heavy (non-hydrogen) atoms. The Kier molecular flexibility index (Phi) is 3.74. The monoisotopic (exact) mass is 273 g/mol. The molecule has 2 aromatic heterocycles. The molecule has 2 heterocycles. The van der Waals surface area contributed by atoms with Crippen LogP contribution in [0.15, 0.2) is 24.5 Å². The number of nitrogen functional groups attached to an aromatic ring is 1. The van der Waals surface area contributed by atoms with Gasteiger partial charge in [0.25, 0.3) is 5.91 Å². The summed E-state index contributed by atoms with van der Waals surface area (Å²) in [5, 5.41) is 2.79. The number of rotatable bonds is 3. The summed E-state index contributed by atoms with van der Waals surface area (Å²) in [4.78, 5) is 23.4. The van der Waals surface area contributed by atoms with Crippen LogP contribution < -0.4 is 11.1 Å². The van der Waals surface area contributed by atoms with Gasteiger partial charge in [0.15, 0.2) is 0 Å². The van der Waals surface area contributed by atoms with Crippen molar-refractivity contribution in [2.24, 2.45) is 0 Å². The van der Waals surface area contributed by atoms with E-state index in [1.54, 1.807) is 24.5 Å². The molecule has 6 heteroatoms. The van der Waals surface area contributed by atoms with Crippen molar-refractivity contribution in [3.63, 3.8) is 0 Å². The molecular weight excluding hydrogens is 254 g/mol. The molecule has 2 aromatic rings. The van der Waals surface area contributed by atoms with Crippen molar-refractivity contribution in [2.45, 2.75) is 32.7 Å². The van der Waals surface area contributed by atoms with Gasteiger partial charge < -0.3 is 16.0 Å². The first-order valence-electron chi connectivity index (χ1n) is 6.41. The van der Waals surface area contributed by atoms with E-state index < -0.39 is 0 Å². The maximum absolute atomic E-state index is 12.1. The Labute approximate surface area is 117 Å². The van der Waals surface area contributed by atoms with E-state index in [0.29, 0.717) is 23.8 Å². The smallest absolute Gasteiger partial charge is 0.251 e. The van der Waals surface area contributed by atoms with E-state index in [1.165, 1.54) is 0 Å². The number of carbonyl (C=O) groups is 1. The van der Waals surface area contributed by atoms with Gasteiger partial charge in [0.05, 0.1) is 6.54 Å². The van der Waals surface area contributed by atoms with Gasteiger partial charge >= 0.3 is 0 Å². The van der Waals surface area contributed by atoms with Crippen LogP contribution in [0.1, 0.15) is 42.6 Å². The summed E-state index contributed by atoms with van der Waals surface area (Å²) in [6.07, 6.45) is 3.35. The Morgan fingerprint density at radius 1 is 1.40 bits per heavy atom. The van der Waals surface area contributed by atoms with Crippen molar-refractivity contribution in [3.8, 4) is 0 Å². The zero-order valence-electron chi connectivity index (χ0n) is 11.9. The van der Waals surface area contributed by atoms with Crippen molar-refractivity contribution >= 4 is 11.7 Å². The Bertz CT molecular complexity index is 599. The molecule has 6 nitrogen and oxygen atoms in total. The van der Waals surface area contributed by atoms with Gasteiger partial charge in [-0.15, -0.1) is 0 Å². The molecule has 0 aromatic carbocycles. The topological polar surface area (TPSA) is 96.7 Å². The van der Waals surface area contributed by atoms with Gasteiger partial charge in [0.1, 0.15) is 11.6 Å². The lowest BCUT2D eigenvalue weighted by Gasteiger charge is -2.19. The largest absolute Gasteiger partial charge is 0.384 e. The number of carbonyl (C=O) groups excluding carboxylic acids is 1. The normalized spacial score (nSPS) is 11.3. The van der Waals surface area contributed by atoms with Crippen LogP contribution in [0.4, 0.5) is 5.82 Å². The molecule has 0 aliphatic carbocycles. The van der Waals surface area contributed by atoms with Gasteiger partial charge in [0.2, 0.25) is 0 Å². The molecule has 0 saturated heterocycles. The van der Waals surface area contributed by atoms with Crippen LogP contribution in [0.5, 0.6) is 0 Å². The molecule has 1 amide bonds. The maximum atomic E-state index is 12.1. The third kappa shape index (κ3) is 3.34. The highest BCUT2D eigenvalue weighted by molar-refractivity contribution is 5.94. The van der Waals surface area contributed by atoms with Crippen molar-refractivity contribution < 1.29 is 4.79 Å². The summed E-state index contributed by atoms with van der Waals surface area (Å²) < 4.78 is 0. The minimum absolute atomic E-state index is 0.161. The lowest BCUT2D eigenvalue weighted by molar-refractivity contribution is 0.0949. The van der Waals surface area contributed by atoms with E-state index in [9.17, 15) is 4.79 Å². The highest BCUT2D eigenvalue weighted by Gasteiger charge is 2.18. The highest BCUT2D eigenvalue weighted by Crippen LogP contribution is 2.22. The van der Waals surface area contributed by atoms with Crippen LogP contribution in [0.2, 0.25) is 0 Å². The van der Waals surface area contributed by atoms with Crippen LogP contribution >= 0.6 is 0 Å². The average Bonchev–Trinajstić information content (AvgIpc) is 2.87. The van der Waals surface area contributed by atoms with Crippen LogP contribution in [-0.2, 0) is 12.0 Å². The van der Waals surface area contributed by atoms with Crippen molar-refractivity contribution in [3.05, 3.63) is 41.6 Å². The summed E-state index contributed by atoms with van der Waals surface area (Å²) in [7, 11) is 0. The predicted octanol–water partition coefficient (Wildman–Crippen LogP) is 1.61. The number of nitrogens with one attached hydrogen (secondary N) is 2. The number of pyridine rings is 1. The van der Waals surface area contributed by atoms with E-state index in [2.05, 4.69) is 20.3 Å². The van der Waals surface area contributed by atoms with Gasteiger partial charge in [-0.2, -0.15) is 0 Å². The molecule has 0 bridgehead atoms. The number of nitrogens with two attached hydrogens (primary N) is 1. The minimum atomic E-state index is -0.194. The maximum Gasteiger partial charge on any atom is 0.251 e. The minimum Gasteiger partial charge on any atom is -0.384 e. The molecule has 0 saturated carbocycles. The molecular formula is C14H19N5O. The Balaban J connectivity index is 2.15. The summed E-state index contributed by atoms with van der Waals surface area (Å²) >= 11 is 0. The summed E-state index contributed by atoms with van der Waals surface area (Å²) in [5.41, 5.74) is 6.91. The molecule has 0 aliphatic rings. The number of amides is 1. The third-order valence-electron chi connectivity index (χ3n) is 2.85. The molecule has 0 fully saturated rings. The predicted molar refractivity (Wildman–Crippen MR) is 77.1 cm³/mol. The van der Waals surface area contributed by atoms with Crippen molar-refractivity contribution in [1.82, 2.24) is 20.3 Å². The van der Waals surface area contributed by atoms with Gasteiger partial charge in [-0.05, 0) is 12.1 Å². The summed E-state index contributed by atoms with van der Waals surface area (Å²) in [6.45, 7) is 6.43. The molecule has 106 valence electrons. The molecule has 0 spiro atoms. The van der Waals surface area contributed by atoms with E-state index in [-0.39, 0.29) is 11.3 Å². The second-order valence-corrected chi connectivity index (χ2v) is 5.63. The first-order chi connectivity index (χ1) is 9.36. The average molecular weight is 273 g/mol. The van der Waals surface area contributed by atoms with Crippen LogP contribution in [-0.4, -0.2) is 20.9 Å².